The highest BCUT2D eigenvalue weighted by Crippen LogP contribution is 2.26. The number of aromatic hydroxyl groups is 1. The van der Waals surface area contributed by atoms with Crippen molar-refractivity contribution in [1.29, 1.82) is 0 Å². The van der Waals surface area contributed by atoms with Crippen LogP contribution in [-0.4, -0.2) is 31.4 Å². The van der Waals surface area contributed by atoms with Crippen LogP contribution in [0.1, 0.15) is 10.4 Å². The number of carbonyl (C=O) groups excluding carboxylic acids is 1. The predicted molar refractivity (Wildman–Crippen MR) is 104 cm³/mol. The summed E-state index contributed by atoms with van der Waals surface area (Å²) in [6.45, 7) is 4.31. The summed E-state index contributed by atoms with van der Waals surface area (Å²) in [5.74, 6) is 1.01. The molecule has 1 heterocycles. The van der Waals surface area contributed by atoms with Gasteiger partial charge in [0.2, 0.25) is 0 Å². The van der Waals surface area contributed by atoms with E-state index in [0.29, 0.717) is 28.1 Å². The van der Waals surface area contributed by atoms with Gasteiger partial charge in [-0.05, 0) is 48.5 Å². The number of rotatable bonds is 7. The summed E-state index contributed by atoms with van der Waals surface area (Å²) in [7, 11) is 0. The first kappa shape index (κ1) is 18.2. The zero-order valence-corrected chi connectivity index (χ0v) is 15.4. The van der Waals surface area contributed by atoms with E-state index in [1.165, 1.54) is 23.9 Å². The lowest BCUT2D eigenvalue weighted by Crippen LogP contribution is -2.05. The molecule has 1 aromatic heterocycles. The summed E-state index contributed by atoms with van der Waals surface area (Å²) in [4.78, 5) is 12.3. The molecule has 7 heteroatoms. The third-order valence-electron chi connectivity index (χ3n) is 3.65. The number of hydrogen-bond donors (Lipinski definition) is 1. The minimum Gasteiger partial charge on any atom is -0.508 e. The minimum absolute atomic E-state index is 0.0452. The molecular weight excluding hydrogens is 370 g/mol. The van der Waals surface area contributed by atoms with Crippen LogP contribution in [0.5, 0.6) is 5.75 Å². The molecule has 132 valence electrons. The van der Waals surface area contributed by atoms with Crippen LogP contribution < -0.4 is 0 Å². The van der Waals surface area contributed by atoms with E-state index in [4.69, 9.17) is 11.6 Å². The molecule has 0 aliphatic heterocycles. The molecule has 3 rings (SSSR count). The van der Waals surface area contributed by atoms with Gasteiger partial charge < -0.3 is 5.11 Å². The van der Waals surface area contributed by atoms with E-state index in [1.807, 2.05) is 16.7 Å². The highest BCUT2D eigenvalue weighted by atomic mass is 35.5. The minimum atomic E-state index is -0.0452. The van der Waals surface area contributed by atoms with Gasteiger partial charge in [-0.1, -0.05) is 29.4 Å². The number of ketones is 1. The molecule has 0 radical (unpaired) electrons. The lowest BCUT2D eigenvalue weighted by molar-refractivity contribution is 0.102. The number of aromatic nitrogens is 3. The highest BCUT2D eigenvalue weighted by Gasteiger charge is 2.15. The van der Waals surface area contributed by atoms with E-state index < -0.39 is 0 Å². The molecule has 0 amide bonds. The van der Waals surface area contributed by atoms with Crippen LogP contribution in [0.25, 0.3) is 11.4 Å². The molecular formula is C19H16ClN3O2S. The molecule has 1 N–H and O–H groups in total. The maximum Gasteiger partial charge on any atom is 0.192 e. The van der Waals surface area contributed by atoms with Crippen molar-refractivity contribution in [3.05, 3.63) is 71.8 Å². The number of thioether (sulfide) groups is 1. The van der Waals surface area contributed by atoms with Gasteiger partial charge >= 0.3 is 0 Å². The van der Waals surface area contributed by atoms with Crippen molar-refractivity contribution >= 4 is 29.1 Å². The molecule has 0 atom stereocenters. The molecule has 5 nitrogen and oxygen atoms in total. The molecule has 0 spiro atoms. The normalized spacial score (nSPS) is 10.7. The standard InChI is InChI=1S/C19H16ClN3O2S/c1-2-11-23-18(14-3-7-15(20)8-4-14)21-22-19(23)26-12-17(25)13-5-9-16(24)10-6-13/h2-10,24H,1,11-12H2. The number of phenolic OH excluding ortho intramolecular Hbond substituents is 1. The fourth-order valence-electron chi connectivity index (χ4n) is 2.36. The fourth-order valence-corrected chi connectivity index (χ4v) is 3.33. The molecule has 3 aromatic rings. The number of nitrogens with zero attached hydrogens (tertiary/aromatic N) is 3. The van der Waals surface area contributed by atoms with E-state index in [-0.39, 0.29) is 17.3 Å². The van der Waals surface area contributed by atoms with Crippen LogP contribution in [0.4, 0.5) is 0 Å². The molecule has 0 bridgehead atoms. The Hall–Kier alpha value is -2.57. The Balaban J connectivity index is 1.79. The van der Waals surface area contributed by atoms with Crippen molar-refractivity contribution < 1.29 is 9.90 Å². The van der Waals surface area contributed by atoms with Gasteiger partial charge in [0.05, 0.1) is 5.75 Å². The summed E-state index contributed by atoms with van der Waals surface area (Å²) in [5, 5.41) is 19.1. The van der Waals surface area contributed by atoms with E-state index in [9.17, 15) is 9.90 Å². The average Bonchev–Trinajstić information content (AvgIpc) is 3.04. The Morgan fingerprint density at radius 2 is 1.85 bits per heavy atom. The maximum absolute atomic E-state index is 12.3. The number of halogens is 1. The molecule has 0 saturated carbocycles. The number of allylic oxidation sites excluding steroid dienone is 1. The Morgan fingerprint density at radius 1 is 1.15 bits per heavy atom. The number of hydrogen-bond acceptors (Lipinski definition) is 5. The predicted octanol–water partition coefficient (Wildman–Crippen LogP) is 4.47. The monoisotopic (exact) mass is 385 g/mol. The molecule has 26 heavy (non-hydrogen) atoms. The maximum atomic E-state index is 12.3. The van der Waals surface area contributed by atoms with Crippen LogP contribution in [0, 0.1) is 0 Å². The van der Waals surface area contributed by atoms with E-state index >= 15 is 0 Å². The van der Waals surface area contributed by atoms with Crippen molar-refractivity contribution in [2.45, 2.75) is 11.7 Å². The summed E-state index contributed by atoms with van der Waals surface area (Å²) in [5.41, 5.74) is 1.43. The Kier molecular flexibility index (Phi) is 5.75. The Labute approximate surface area is 160 Å². The zero-order valence-electron chi connectivity index (χ0n) is 13.8. The van der Waals surface area contributed by atoms with Gasteiger partial charge in [-0.15, -0.1) is 16.8 Å². The summed E-state index contributed by atoms with van der Waals surface area (Å²) in [6, 6.07) is 13.5. The summed E-state index contributed by atoms with van der Waals surface area (Å²) in [6.07, 6.45) is 1.76. The largest absolute Gasteiger partial charge is 0.508 e. The third kappa shape index (κ3) is 4.15. The molecule has 0 aliphatic rings. The van der Waals surface area contributed by atoms with Crippen LogP contribution in [0.3, 0.4) is 0 Å². The first-order chi connectivity index (χ1) is 12.6. The number of carbonyl (C=O) groups is 1. The van der Waals surface area contributed by atoms with E-state index in [0.717, 1.165) is 5.56 Å². The molecule has 0 aliphatic carbocycles. The number of phenols is 1. The Morgan fingerprint density at radius 3 is 2.50 bits per heavy atom. The van der Waals surface area contributed by atoms with E-state index in [2.05, 4.69) is 16.8 Å². The smallest absolute Gasteiger partial charge is 0.192 e. The van der Waals surface area contributed by atoms with Gasteiger partial charge in [0.15, 0.2) is 16.8 Å². The van der Waals surface area contributed by atoms with Crippen molar-refractivity contribution in [2.24, 2.45) is 0 Å². The fraction of sp³-hybridized carbons (Fsp3) is 0.105. The first-order valence-electron chi connectivity index (χ1n) is 7.83. The second kappa shape index (κ2) is 8.21. The van der Waals surface area contributed by atoms with Crippen molar-refractivity contribution in [2.75, 3.05) is 5.75 Å². The van der Waals surface area contributed by atoms with E-state index in [1.54, 1.807) is 30.3 Å². The van der Waals surface area contributed by atoms with Gasteiger partial charge in [-0.2, -0.15) is 0 Å². The van der Waals surface area contributed by atoms with Crippen molar-refractivity contribution in [1.82, 2.24) is 14.8 Å². The summed E-state index contributed by atoms with van der Waals surface area (Å²) < 4.78 is 1.91. The van der Waals surface area contributed by atoms with Crippen LogP contribution in [0.15, 0.2) is 66.3 Å². The van der Waals surface area contributed by atoms with Crippen LogP contribution in [-0.2, 0) is 6.54 Å². The van der Waals surface area contributed by atoms with Crippen molar-refractivity contribution in [3.63, 3.8) is 0 Å². The lowest BCUT2D eigenvalue weighted by atomic mass is 10.1. The van der Waals surface area contributed by atoms with Gasteiger partial charge in [0.25, 0.3) is 0 Å². The van der Waals surface area contributed by atoms with Gasteiger partial charge in [0.1, 0.15) is 5.75 Å². The highest BCUT2D eigenvalue weighted by molar-refractivity contribution is 7.99. The quantitative estimate of drug-likeness (QED) is 0.369. The van der Waals surface area contributed by atoms with Gasteiger partial charge in [-0.25, -0.2) is 0 Å². The van der Waals surface area contributed by atoms with Crippen LogP contribution in [0.2, 0.25) is 5.02 Å². The number of Topliss-reactive ketones (excluding diaryl/α,β-unsaturated/α-hetero) is 1. The van der Waals surface area contributed by atoms with Gasteiger partial charge in [-0.3, -0.25) is 9.36 Å². The molecule has 0 unspecified atom stereocenters. The Bertz CT molecular complexity index is 921. The molecule has 0 saturated heterocycles. The zero-order chi connectivity index (χ0) is 18.5. The van der Waals surface area contributed by atoms with Crippen molar-refractivity contribution in [3.8, 4) is 17.1 Å². The third-order valence-corrected chi connectivity index (χ3v) is 4.87. The second-order valence-corrected chi connectivity index (χ2v) is 6.85. The first-order valence-corrected chi connectivity index (χ1v) is 9.20. The van der Waals surface area contributed by atoms with Gasteiger partial charge in [0, 0.05) is 22.7 Å². The molecule has 2 aromatic carbocycles. The lowest BCUT2D eigenvalue weighted by Gasteiger charge is -2.07. The number of benzene rings is 2. The molecule has 0 fully saturated rings. The second-order valence-electron chi connectivity index (χ2n) is 5.47. The average molecular weight is 386 g/mol. The van der Waals surface area contributed by atoms with Crippen LogP contribution >= 0.6 is 23.4 Å². The topological polar surface area (TPSA) is 68.0 Å². The summed E-state index contributed by atoms with van der Waals surface area (Å²) >= 11 is 7.26. The SMILES string of the molecule is C=CCn1c(SCC(=O)c2ccc(O)cc2)nnc1-c1ccc(Cl)cc1.